The fourth-order valence-electron chi connectivity index (χ4n) is 1.94. The maximum atomic E-state index is 11.2. The Hall–Kier alpha value is -1.02. The van der Waals surface area contributed by atoms with E-state index in [4.69, 9.17) is 11.6 Å². The van der Waals surface area contributed by atoms with Gasteiger partial charge in [0, 0.05) is 31.0 Å². The molecule has 3 heteroatoms. The van der Waals surface area contributed by atoms with Crippen molar-refractivity contribution in [3.05, 3.63) is 34.9 Å². The SMILES string of the molecule is CC(=O)N(C)C1CC1c1cccc(Cl)c1. The second-order valence-corrected chi connectivity index (χ2v) is 4.53. The third-order valence-electron chi connectivity index (χ3n) is 3.03. The fourth-order valence-corrected chi connectivity index (χ4v) is 2.14. The van der Waals surface area contributed by atoms with Crippen LogP contribution in [0.4, 0.5) is 0 Å². The monoisotopic (exact) mass is 223 g/mol. The topological polar surface area (TPSA) is 20.3 Å². The van der Waals surface area contributed by atoms with Crippen LogP contribution in [0.25, 0.3) is 0 Å². The van der Waals surface area contributed by atoms with Crippen molar-refractivity contribution in [2.45, 2.75) is 25.3 Å². The first-order chi connectivity index (χ1) is 7.09. The van der Waals surface area contributed by atoms with Gasteiger partial charge in [-0.05, 0) is 24.1 Å². The molecule has 1 aromatic carbocycles. The van der Waals surface area contributed by atoms with Gasteiger partial charge in [0.1, 0.15) is 0 Å². The second kappa shape index (κ2) is 3.86. The van der Waals surface area contributed by atoms with E-state index in [1.165, 1.54) is 5.56 Å². The zero-order chi connectivity index (χ0) is 11.0. The Kier molecular flexibility index (Phi) is 2.70. The largest absolute Gasteiger partial charge is 0.342 e. The Bertz CT molecular complexity index is 391. The number of carbonyl (C=O) groups excluding carboxylic acids is 1. The molecule has 0 saturated heterocycles. The van der Waals surface area contributed by atoms with Gasteiger partial charge in [0.05, 0.1) is 0 Å². The van der Waals surface area contributed by atoms with Gasteiger partial charge in [0.15, 0.2) is 0 Å². The molecule has 0 aromatic heterocycles. The third kappa shape index (κ3) is 2.15. The number of hydrogen-bond acceptors (Lipinski definition) is 1. The van der Waals surface area contributed by atoms with Gasteiger partial charge in [0.25, 0.3) is 0 Å². The molecule has 1 saturated carbocycles. The first-order valence-electron chi connectivity index (χ1n) is 5.08. The molecular weight excluding hydrogens is 210 g/mol. The van der Waals surface area contributed by atoms with Crippen LogP contribution in [0.3, 0.4) is 0 Å². The summed E-state index contributed by atoms with van der Waals surface area (Å²) < 4.78 is 0. The lowest BCUT2D eigenvalue weighted by Crippen LogP contribution is -2.26. The molecule has 0 spiro atoms. The Morgan fingerprint density at radius 2 is 2.27 bits per heavy atom. The molecule has 0 radical (unpaired) electrons. The third-order valence-corrected chi connectivity index (χ3v) is 3.26. The van der Waals surface area contributed by atoms with Crippen LogP contribution in [-0.4, -0.2) is 23.9 Å². The van der Waals surface area contributed by atoms with Crippen molar-refractivity contribution in [1.29, 1.82) is 0 Å². The van der Waals surface area contributed by atoms with Gasteiger partial charge in [-0.2, -0.15) is 0 Å². The normalized spacial score (nSPS) is 23.7. The smallest absolute Gasteiger partial charge is 0.219 e. The van der Waals surface area contributed by atoms with Crippen LogP contribution in [0.2, 0.25) is 5.02 Å². The van der Waals surface area contributed by atoms with Crippen LogP contribution >= 0.6 is 11.6 Å². The van der Waals surface area contributed by atoms with Gasteiger partial charge in [-0.3, -0.25) is 4.79 Å². The molecule has 1 aliphatic rings. The summed E-state index contributed by atoms with van der Waals surface area (Å²) in [5, 5.41) is 0.767. The average molecular weight is 224 g/mol. The van der Waals surface area contributed by atoms with Crippen LogP contribution in [0, 0.1) is 0 Å². The highest BCUT2D eigenvalue weighted by Crippen LogP contribution is 2.44. The maximum absolute atomic E-state index is 11.2. The van der Waals surface area contributed by atoms with Crippen LogP contribution in [0.15, 0.2) is 24.3 Å². The molecule has 2 nitrogen and oxygen atoms in total. The lowest BCUT2D eigenvalue weighted by Gasteiger charge is -2.14. The van der Waals surface area contributed by atoms with Gasteiger partial charge in [-0.1, -0.05) is 23.7 Å². The minimum Gasteiger partial charge on any atom is -0.342 e. The molecule has 0 bridgehead atoms. The summed E-state index contributed by atoms with van der Waals surface area (Å²) >= 11 is 5.93. The Morgan fingerprint density at radius 1 is 1.53 bits per heavy atom. The summed E-state index contributed by atoms with van der Waals surface area (Å²) in [5.74, 6) is 0.599. The number of likely N-dealkylation sites (N-methyl/N-ethyl adjacent to an activating group) is 1. The number of rotatable bonds is 2. The van der Waals surface area contributed by atoms with Crippen LogP contribution in [-0.2, 0) is 4.79 Å². The zero-order valence-electron chi connectivity index (χ0n) is 8.90. The highest BCUT2D eigenvalue weighted by atomic mass is 35.5. The van der Waals surface area contributed by atoms with E-state index in [0.29, 0.717) is 12.0 Å². The summed E-state index contributed by atoms with van der Waals surface area (Å²) in [5.41, 5.74) is 1.24. The predicted molar refractivity (Wildman–Crippen MR) is 61.0 cm³/mol. The average Bonchev–Trinajstić information content (AvgIpc) is 2.96. The van der Waals surface area contributed by atoms with E-state index in [-0.39, 0.29) is 5.91 Å². The molecule has 15 heavy (non-hydrogen) atoms. The number of nitrogens with zero attached hydrogens (tertiary/aromatic N) is 1. The molecule has 1 aromatic rings. The second-order valence-electron chi connectivity index (χ2n) is 4.09. The lowest BCUT2D eigenvalue weighted by atomic mass is 10.1. The van der Waals surface area contributed by atoms with Gasteiger partial charge < -0.3 is 4.90 Å². The molecule has 0 heterocycles. The number of carbonyl (C=O) groups is 1. The van der Waals surface area contributed by atoms with Crippen LogP contribution in [0.5, 0.6) is 0 Å². The van der Waals surface area contributed by atoms with Gasteiger partial charge in [-0.25, -0.2) is 0 Å². The van der Waals surface area contributed by atoms with Crippen LogP contribution in [0.1, 0.15) is 24.8 Å². The van der Waals surface area contributed by atoms with Crippen LogP contribution < -0.4 is 0 Å². The Morgan fingerprint density at radius 3 is 2.87 bits per heavy atom. The van der Waals surface area contributed by atoms with Crippen molar-refractivity contribution in [2.75, 3.05) is 7.05 Å². The summed E-state index contributed by atoms with van der Waals surface area (Å²) in [6.45, 7) is 1.60. The molecule has 1 amide bonds. The Balaban J connectivity index is 2.08. The highest BCUT2D eigenvalue weighted by molar-refractivity contribution is 6.30. The van der Waals surface area contributed by atoms with E-state index in [2.05, 4.69) is 6.07 Å². The standard InChI is InChI=1S/C12H14ClNO/c1-8(15)14(2)12-7-11(12)9-4-3-5-10(13)6-9/h3-6,11-12H,7H2,1-2H3. The van der Waals surface area contributed by atoms with Crippen molar-refractivity contribution in [3.8, 4) is 0 Å². The van der Waals surface area contributed by atoms with Crippen molar-refractivity contribution in [2.24, 2.45) is 0 Å². The first-order valence-corrected chi connectivity index (χ1v) is 5.46. The first kappa shape index (κ1) is 10.5. The van der Waals surface area contributed by atoms with Gasteiger partial charge in [-0.15, -0.1) is 0 Å². The summed E-state index contributed by atoms with van der Waals surface area (Å²) in [7, 11) is 1.86. The molecular formula is C12H14ClNO. The van der Waals surface area contributed by atoms with E-state index in [9.17, 15) is 4.79 Å². The lowest BCUT2D eigenvalue weighted by molar-refractivity contribution is -0.128. The molecule has 0 aliphatic heterocycles. The summed E-state index contributed by atoms with van der Waals surface area (Å²) in [4.78, 5) is 13.0. The maximum Gasteiger partial charge on any atom is 0.219 e. The number of hydrogen-bond donors (Lipinski definition) is 0. The zero-order valence-corrected chi connectivity index (χ0v) is 9.66. The summed E-state index contributed by atoms with van der Waals surface area (Å²) in [6, 6.07) is 8.25. The number of benzene rings is 1. The number of halogens is 1. The van der Waals surface area contributed by atoms with Crippen molar-refractivity contribution in [3.63, 3.8) is 0 Å². The summed E-state index contributed by atoms with van der Waals surface area (Å²) in [6.07, 6.45) is 1.05. The highest BCUT2D eigenvalue weighted by Gasteiger charge is 2.42. The molecule has 2 unspecified atom stereocenters. The van der Waals surface area contributed by atoms with E-state index >= 15 is 0 Å². The van der Waals surface area contributed by atoms with Crippen molar-refractivity contribution < 1.29 is 4.79 Å². The molecule has 80 valence electrons. The molecule has 2 atom stereocenters. The van der Waals surface area contributed by atoms with E-state index in [0.717, 1.165) is 11.4 Å². The van der Waals surface area contributed by atoms with E-state index < -0.39 is 0 Å². The quantitative estimate of drug-likeness (QED) is 0.755. The van der Waals surface area contributed by atoms with Gasteiger partial charge >= 0.3 is 0 Å². The van der Waals surface area contributed by atoms with E-state index in [1.54, 1.807) is 6.92 Å². The minimum absolute atomic E-state index is 0.129. The Labute approximate surface area is 94.8 Å². The van der Waals surface area contributed by atoms with Crippen molar-refractivity contribution >= 4 is 17.5 Å². The fraction of sp³-hybridized carbons (Fsp3) is 0.417. The molecule has 2 rings (SSSR count). The molecule has 1 fully saturated rings. The minimum atomic E-state index is 0.129. The molecule has 1 aliphatic carbocycles. The van der Waals surface area contributed by atoms with Gasteiger partial charge in [0.2, 0.25) is 5.91 Å². The van der Waals surface area contributed by atoms with Crippen molar-refractivity contribution in [1.82, 2.24) is 4.90 Å². The van der Waals surface area contributed by atoms with E-state index in [1.807, 2.05) is 30.1 Å². The molecule has 0 N–H and O–H groups in total. The number of amides is 1. The predicted octanol–water partition coefficient (Wildman–Crippen LogP) is 2.67.